The number of carbonyl (C=O) groups is 2. The predicted molar refractivity (Wildman–Crippen MR) is 110 cm³/mol. The summed E-state index contributed by atoms with van der Waals surface area (Å²) in [5.74, 6) is -0.125. The molecular formula is C22H26N2O3S. The molecule has 3 aliphatic rings. The third-order valence-electron chi connectivity index (χ3n) is 5.75. The third kappa shape index (κ3) is 3.51. The van der Waals surface area contributed by atoms with Crippen molar-refractivity contribution in [2.75, 3.05) is 32.6 Å². The van der Waals surface area contributed by atoms with Gasteiger partial charge in [-0.15, -0.1) is 11.8 Å². The van der Waals surface area contributed by atoms with Crippen LogP contribution in [0.15, 0.2) is 51.7 Å². The minimum Gasteiger partial charge on any atom is -0.378 e. The second kappa shape index (κ2) is 8.13. The fourth-order valence-corrected chi connectivity index (χ4v) is 4.74. The van der Waals surface area contributed by atoms with Gasteiger partial charge < -0.3 is 15.0 Å². The van der Waals surface area contributed by atoms with Crippen molar-refractivity contribution in [1.82, 2.24) is 10.2 Å². The lowest BCUT2D eigenvalue weighted by Gasteiger charge is -2.37. The standard InChI is InChI=1S/C22H26N2O3S/c1-14-19(22(26)24-10-12-27-13-11-24)20(15-6-8-16(28-2)9-7-15)21-17(23-14)4-3-5-18(21)25/h6-9,20,23H,3-5,10-13H2,1-2H3/t20-/m1/s1. The maximum Gasteiger partial charge on any atom is 0.252 e. The normalized spacial score (nSPS) is 22.9. The van der Waals surface area contributed by atoms with Crippen LogP contribution in [0.25, 0.3) is 0 Å². The van der Waals surface area contributed by atoms with Crippen molar-refractivity contribution >= 4 is 23.5 Å². The number of thioether (sulfide) groups is 1. The first-order chi connectivity index (χ1) is 13.6. The number of nitrogens with zero attached hydrogens (tertiary/aromatic N) is 1. The van der Waals surface area contributed by atoms with Gasteiger partial charge in [-0.2, -0.15) is 0 Å². The molecule has 1 aromatic carbocycles. The third-order valence-corrected chi connectivity index (χ3v) is 6.50. The zero-order chi connectivity index (χ0) is 19.7. The van der Waals surface area contributed by atoms with Crippen molar-refractivity contribution in [2.24, 2.45) is 0 Å². The van der Waals surface area contributed by atoms with Gasteiger partial charge in [-0.1, -0.05) is 12.1 Å². The van der Waals surface area contributed by atoms with E-state index in [1.165, 1.54) is 4.90 Å². The second-order valence-electron chi connectivity index (χ2n) is 7.44. The molecule has 1 N–H and O–H groups in total. The van der Waals surface area contributed by atoms with E-state index in [4.69, 9.17) is 4.74 Å². The summed E-state index contributed by atoms with van der Waals surface area (Å²) in [6, 6.07) is 8.27. The van der Waals surface area contributed by atoms with Crippen LogP contribution in [-0.4, -0.2) is 49.1 Å². The molecule has 1 fully saturated rings. The van der Waals surface area contributed by atoms with Gasteiger partial charge in [-0.3, -0.25) is 9.59 Å². The highest BCUT2D eigenvalue weighted by molar-refractivity contribution is 7.98. The van der Waals surface area contributed by atoms with E-state index in [-0.39, 0.29) is 17.6 Å². The summed E-state index contributed by atoms with van der Waals surface area (Å²) >= 11 is 1.69. The Hall–Kier alpha value is -2.05. The maximum absolute atomic E-state index is 13.5. The molecule has 0 bridgehead atoms. The minimum atomic E-state index is -0.296. The van der Waals surface area contributed by atoms with Crippen LogP contribution in [0.1, 0.15) is 37.7 Å². The molecule has 1 atom stereocenters. The zero-order valence-corrected chi connectivity index (χ0v) is 17.2. The predicted octanol–water partition coefficient (Wildman–Crippen LogP) is 3.24. The van der Waals surface area contributed by atoms with Crippen LogP contribution < -0.4 is 5.32 Å². The van der Waals surface area contributed by atoms with E-state index in [2.05, 4.69) is 29.6 Å². The molecular weight excluding hydrogens is 372 g/mol. The number of hydrogen-bond acceptors (Lipinski definition) is 5. The molecule has 0 saturated carbocycles. The summed E-state index contributed by atoms with van der Waals surface area (Å²) < 4.78 is 5.41. The van der Waals surface area contributed by atoms with Crippen molar-refractivity contribution in [1.29, 1.82) is 0 Å². The van der Waals surface area contributed by atoms with Gasteiger partial charge in [0.15, 0.2) is 5.78 Å². The largest absolute Gasteiger partial charge is 0.378 e. The second-order valence-corrected chi connectivity index (χ2v) is 8.32. The number of amides is 1. The topological polar surface area (TPSA) is 58.6 Å². The number of ether oxygens (including phenoxy) is 1. The van der Waals surface area contributed by atoms with Crippen LogP contribution in [0.5, 0.6) is 0 Å². The minimum absolute atomic E-state index is 0.0113. The Morgan fingerprint density at radius 3 is 2.57 bits per heavy atom. The van der Waals surface area contributed by atoms with Gasteiger partial charge in [0, 0.05) is 52.9 Å². The molecule has 1 aromatic rings. The molecule has 1 amide bonds. The highest BCUT2D eigenvalue weighted by Gasteiger charge is 2.39. The van der Waals surface area contributed by atoms with E-state index in [0.29, 0.717) is 38.3 Å². The molecule has 148 valence electrons. The Bertz CT molecular complexity index is 851. The van der Waals surface area contributed by atoms with Gasteiger partial charge in [0.2, 0.25) is 0 Å². The average Bonchev–Trinajstić information content (AvgIpc) is 2.73. The van der Waals surface area contributed by atoms with Gasteiger partial charge in [0.05, 0.1) is 13.2 Å². The monoisotopic (exact) mass is 398 g/mol. The van der Waals surface area contributed by atoms with E-state index >= 15 is 0 Å². The smallest absolute Gasteiger partial charge is 0.252 e. The van der Waals surface area contributed by atoms with Gasteiger partial charge >= 0.3 is 0 Å². The van der Waals surface area contributed by atoms with Crippen LogP contribution in [-0.2, 0) is 14.3 Å². The molecule has 1 aliphatic carbocycles. The van der Waals surface area contributed by atoms with Gasteiger partial charge in [0.1, 0.15) is 0 Å². The van der Waals surface area contributed by atoms with Crippen LogP contribution in [0, 0.1) is 0 Å². The highest BCUT2D eigenvalue weighted by Crippen LogP contribution is 2.43. The Balaban J connectivity index is 1.79. The fourth-order valence-electron chi connectivity index (χ4n) is 4.33. The van der Waals surface area contributed by atoms with E-state index in [1.54, 1.807) is 11.8 Å². The molecule has 0 aromatic heterocycles. The molecule has 1 saturated heterocycles. The lowest BCUT2D eigenvalue weighted by atomic mass is 9.75. The Kier molecular flexibility index (Phi) is 5.60. The molecule has 6 heteroatoms. The first-order valence-corrected chi connectivity index (χ1v) is 11.1. The molecule has 2 aliphatic heterocycles. The molecule has 4 rings (SSSR count). The molecule has 5 nitrogen and oxygen atoms in total. The van der Waals surface area contributed by atoms with Gasteiger partial charge in [-0.05, 0) is 43.7 Å². The number of rotatable bonds is 3. The lowest BCUT2D eigenvalue weighted by Crippen LogP contribution is -2.44. The van der Waals surface area contributed by atoms with Crippen molar-refractivity contribution in [2.45, 2.75) is 37.0 Å². The maximum atomic E-state index is 13.5. The van der Waals surface area contributed by atoms with Crippen molar-refractivity contribution in [3.05, 3.63) is 52.4 Å². The summed E-state index contributed by atoms with van der Waals surface area (Å²) in [6.45, 7) is 4.26. The number of allylic oxidation sites excluding steroid dienone is 3. The van der Waals surface area contributed by atoms with E-state index < -0.39 is 0 Å². The van der Waals surface area contributed by atoms with Gasteiger partial charge in [-0.25, -0.2) is 0 Å². The number of carbonyl (C=O) groups excluding carboxylic acids is 2. The van der Waals surface area contributed by atoms with Gasteiger partial charge in [0.25, 0.3) is 5.91 Å². The molecule has 0 radical (unpaired) electrons. The summed E-state index contributed by atoms with van der Waals surface area (Å²) in [6.07, 6.45) is 4.32. The van der Waals surface area contributed by atoms with Crippen LogP contribution >= 0.6 is 11.8 Å². The fraction of sp³-hybridized carbons (Fsp3) is 0.455. The Morgan fingerprint density at radius 2 is 1.89 bits per heavy atom. The van der Waals surface area contributed by atoms with Crippen LogP contribution in [0.3, 0.4) is 0 Å². The SMILES string of the molecule is CSc1ccc([C@@H]2C(C(=O)N3CCOCC3)=C(C)NC3=C2C(=O)CCC3)cc1. The highest BCUT2D eigenvalue weighted by atomic mass is 32.2. The lowest BCUT2D eigenvalue weighted by molar-refractivity contribution is -0.131. The van der Waals surface area contributed by atoms with E-state index in [9.17, 15) is 9.59 Å². The Labute approximate surface area is 170 Å². The number of dihydropyridines is 1. The number of hydrogen-bond donors (Lipinski definition) is 1. The van der Waals surface area contributed by atoms with Crippen LogP contribution in [0.4, 0.5) is 0 Å². The van der Waals surface area contributed by atoms with Crippen molar-refractivity contribution in [3.63, 3.8) is 0 Å². The Morgan fingerprint density at radius 1 is 1.18 bits per heavy atom. The summed E-state index contributed by atoms with van der Waals surface area (Å²) in [5.41, 5.74) is 4.35. The first-order valence-electron chi connectivity index (χ1n) is 9.85. The number of Topliss-reactive ketones (excluding diaryl/α,β-unsaturated/α-hetero) is 1. The van der Waals surface area contributed by atoms with E-state index in [0.717, 1.165) is 35.4 Å². The van der Waals surface area contributed by atoms with Crippen molar-refractivity contribution in [3.8, 4) is 0 Å². The summed E-state index contributed by atoms with van der Waals surface area (Å²) in [4.78, 5) is 29.4. The molecule has 0 spiro atoms. The molecule has 2 heterocycles. The average molecular weight is 399 g/mol. The zero-order valence-electron chi connectivity index (χ0n) is 16.4. The number of morpholine rings is 1. The molecule has 28 heavy (non-hydrogen) atoms. The summed E-state index contributed by atoms with van der Waals surface area (Å²) in [5, 5.41) is 3.40. The molecule has 0 unspecified atom stereocenters. The number of ketones is 1. The number of benzene rings is 1. The van der Waals surface area contributed by atoms with E-state index in [1.807, 2.05) is 18.1 Å². The number of nitrogens with one attached hydrogen (secondary N) is 1. The first kappa shape index (κ1) is 19.3. The summed E-state index contributed by atoms with van der Waals surface area (Å²) in [7, 11) is 0. The van der Waals surface area contributed by atoms with Crippen molar-refractivity contribution < 1.29 is 14.3 Å². The van der Waals surface area contributed by atoms with Crippen LogP contribution in [0.2, 0.25) is 0 Å². The quantitative estimate of drug-likeness (QED) is 0.792.